The smallest absolute Gasteiger partial charge is 0.0478 e. The summed E-state index contributed by atoms with van der Waals surface area (Å²) in [6.45, 7) is 11.5. The number of hydrogen-bond acceptors (Lipinski definition) is 0. The lowest BCUT2D eigenvalue weighted by atomic mass is 9.91. The first-order valence-electron chi connectivity index (χ1n) is 5.19. The molecule has 1 heteroatoms. The monoisotopic (exact) mass is 184 g/mol. The lowest BCUT2D eigenvalue weighted by Gasteiger charge is -2.17. The molecule has 72 valence electrons. The van der Waals surface area contributed by atoms with Crippen LogP contribution in [0.15, 0.2) is 11.8 Å². The summed E-state index contributed by atoms with van der Waals surface area (Å²) in [6, 6.07) is 0. The normalized spacial score (nSPS) is 16.4. The first-order valence-corrected chi connectivity index (χ1v) is 6.82. The van der Waals surface area contributed by atoms with Gasteiger partial charge in [-0.3, -0.25) is 0 Å². The molecule has 0 aromatic rings. The lowest BCUT2D eigenvalue weighted by molar-refractivity contribution is 0.462. The Morgan fingerprint density at radius 3 is 2.33 bits per heavy atom. The highest BCUT2D eigenvalue weighted by atomic mass is 28.2. The molecule has 0 aliphatic carbocycles. The SMILES string of the molecule is CCC(C)[SiH2]C=CC(C)(C)CC. The van der Waals surface area contributed by atoms with E-state index in [9.17, 15) is 0 Å². The fourth-order valence-corrected chi connectivity index (χ4v) is 2.48. The Morgan fingerprint density at radius 1 is 1.33 bits per heavy atom. The average Bonchev–Trinajstić information content (AvgIpc) is 2.04. The van der Waals surface area contributed by atoms with Gasteiger partial charge in [0.25, 0.3) is 0 Å². The minimum atomic E-state index is 0.0660. The standard InChI is InChI=1S/C11H24Si/c1-6-10(3)12-9-8-11(4,5)7-2/h8-10H,6-7,12H2,1-5H3. The Morgan fingerprint density at radius 2 is 1.92 bits per heavy atom. The molecule has 0 nitrogen and oxygen atoms in total. The van der Waals surface area contributed by atoms with Gasteiger partial charge in [-0.05, 0) is 11.8 Å². The second kappa shape index (κ2) is 5.58. The van der Waals surface area contributed by atoms with Crippen molar-refractivity contribution < 1.29 is 0 Å². The minimum Gasteiger partial charge on any atom is -0.105 e. The Bertz CT molecular complexity index is 136. The summed E-state index contributed by atoms with van der Waals surface area (Å²) in [4.78, 5) is 0. The molecule has 0 fully saturated rings. The third kappa shape index (κ3) is 5.59. The molecule has 0 rings (SSSR count). The predicted octanol–water partition coefficient (Wildman–Crippen LogP) is 3.32. The van der Waals surface area contributed by atoms with Gasteiger partial charge >= 0.3 is 0 Å². The largest absolute Gasteiger partial charge is 0.105 e. The summed E-state index contributed by atoms with van der Waals surface area (Å²) in [5.41, 5.74) is 3.90. The maximum absolute atomic E-state index is 2.48. The van der Waals surface area contributed by atoms with Crippen LogP contribution < -0.4 is 0 Å². The topological polar surface area (TPSA) is 0 Å². The zero-order chi connectivity index (χ0) is 9.61. The van der Waals surface area contributed by atoms with Crippen molar-refractivity contribution >= 4 is 9.52 Å². The third-order valence-corrected chi connectivity index (χ3v) is 4.61. The number of hydrogen-bond donors (Lipinski definition) is 0. The fraction of sp³-hybridized carbons (Fsp3) is 0.818. The Balaban J connectivity index is 3.75. The zero-order valence-corrected chi connectivity index (χ0v) is 10.8. The van der Waals surface area contributed by atoms with Crippen LogP contribution in [0.4, 0.5) is 0 Å². The van der Waals surface area contributed by atoms with Gasteiger partial charge in [0.1, 0.15) is 0 Å². The molecule has 0 radical (unpaired) electrons. The van der Waals surface area contributed by atoms with Gasteiger partial charge in [-0.2, -0.15) is 0 Å². The molecule has 0 saturated carbocycles. The van der Waals surface area contributed by atoms with Gasteiger partial charge in [0.2, 0.25) is 0 Å². The van der Waals surface area contributed by atoms with Gasteiger partial charge in [0.05, 0.1) is 0 Å². The highest BCUT2D eigenvalue weighted by Crippen LogP contribution is 2.21. The van der Waals surface area contributed by atoms with Crippen molar-refractivity contribution in [1.82, 2.24) is 0 Å². The van der Waals surface area contributed by atoms with Crippen LogP contribution in [0, 0.1) is 5.41 Å². The van der Waals surface area contributed by atoms with Crippen molar-refractivity contribution in [1.29, 1.82) is 0 Å². The van der Waals surface area contributed by atoms with E-state index in [0.717, 1.165) is 5.54 Å². The molecule has 0 spiro atoms. The van der Waals surface area contributed by atoms with Gasteiger partial charge in [-0.15, -0.1) is 5.70 Å². The van der Waals surface area contributed by atoms with Crippen molar-refractivity contribution in [3.8, 4) is 0 Å². The molecule has 0 aliphatic rings. The number of allylic oxidation sites excluding steroid dienone is 1. The van der Waals surface area contributed by atoms with Crippen molar-refractivity contribution in [2.75, 3.05) is 0 Å². The summed E-state index contributed by atoms with van der Waals surface area (Å²) in [6.07, 6.45) is 5.02. The fourth-order valence-electron chi connectivity index (χ4n) is 0.904. The Hall–Kier alpha value is -0.0431. The highest BCUT2D eigenvalue weighted by molar-refractivity contribution is 6.43. The third-order valence-electron chi connectivity index (χ3n) is 2.72. The van der Waals surface area contributed by atoms with Crippen molar-refractivity contribution in [3.63, 3.8) is 0 Å². The lowest BCUT2D eigenvalue weighted by Crippen LogP contribution is -2.05. The van der Waals surface area contributed by atoms with Crippen molar-refractivity contribution in [2.45, 2.75) is 53.0 Å². The van der Waals surface area contributed by atoms with E-state index in [1.807, 2.05) is 0 Å². The molecule has 0 aromatic carbocycles. The molecular weight excluding hydrogens is 160 g/mol. The average molecular weight is 184 g/mol. The van der Waals surface area contributed by atoms with Crippen molar-refractivity contribution in [2.24, 2.45) is 5.41 Å². The van der Waals surface area contributed by atoms with Crippen LogP contribution in [0.5, 0.6) is 0 Å². The maximum atomic E-state index is 2.48. The van der Waals surface area contributed by atoms with Gasteiger partial charge in [-0.1, -0.05) is 52.7 Å². The molecule has 0 aliphatic heterocycles. The van der Waals surface area contributed by atoms with Crippen LogP contribution >= 0.6 is 0 Å². The van der Waals surface area contributed by atoms with E-state index in [1.165, 1.54) is 12.8 Å². The van der Waals surface area contributed by atoms with Gasteiger partial charge < -0.3 is 0 Å². The minimum absolute atomic E-state index is 0.0660. The second-order valence-corrected chi connectivity index (χ2v) is 6.83. The Kier molecular flexibility index (Phi) is 5.56. The van der Waals surface area contributed by atoms with Crippen LogP contribution in [-0.4, -0.2) is 9.52 Å². The van der Waals surface area contributed by atoms with E-state index in [0.29, 0.717) is 5.41 Å². The molecule has 0 heterocycles. The van der Waals surface area contributed by atoms with E-state index in [-0.39, 0.29) is 9.52 Å². The maximum Gasteiger partial charge on any atom is 0.0478 e. The van der Waals surface area contributed by atoms with E-state index in [1.54, 1.807) is 0 Å². The first-order chi connectivity index (χ1) is 5.52. The number of rotatable bonds is 5. The molecule has 1 atom stereocenters. The second-order valence-electron chi connectivity index (χ2n) is 4.49. The summed E-state index contributed by atoms with van der Waals surface area (Å²) < 4.78 is 0. The highest BCUT2D eigenvalue weighted by Gasteiger charge is 2.09. The Labute approximate surface area is 80.3 Å². The molecule has 1 unspecified atom stereocenters. The summed E-state index contributed by atoms with van der Waals surface area (Å²) in [5, 5.41) is 0. The van der Waals surface area contributed by atoms with Crippen LogP contribution in [0.3, 0.4) is 0 Å². The summed E-state index contributed by atoms with van der Waals surface area (Å²) in [7, 11) is 0.0660. The molecule has 12 heavy (non-hydrogen) atoms. The molecule has 0 bridgehead atoms. The van der Waals surface area contributed by atoms with Crippen molar-refractivity contribution in [3.05, 3.63) is 11.8 Å². The van der Waals surface area contributed by atoms with E-state index in [2.05, 4.69) is 46.4 Å². The summed E-state index contributed by atoms with van der Waals surface area (Å²) >= 11 is 0. The quantitative estimate of drug-likeness (QED) is 0.575. The first kappa shape index (κ1) is 12.0. The van der Waals surface area contributed by atoms with Crippen LogP contribution in [-0.2, 0) is 0 Å². The molecule has 0 aromatic heterocycles. The zero-order valence-electron chi connectivity index (χ0n) is 9.35. The van der Waals surface area contributed by atoms with E-state index < -0.39 is 0 Å². The summed E-state index contributed by atoms with van der Waals surface area (Å²) in [5.74, 6) is 0. The van der Waals surface area contributed by atoms with Gasteiger partial charge in [0, 0.05) is 9.52 Å². The molecular formula is C11H24Si. The van der Waals surface area contributed by atoms with Crippen LogP contribution in [0.2, 0.25) is 5.54 Å². The van der Waals surface area contributed by atoms with Gasteiger partial charge in [0.15, 0.2) is 0 Å². The van der Waals surface area contributed by atoms with Gasteiger partial charge in [-0.25, -0.2) is 0 Å². The predicted molar refractivity (Wildman–Crippen MR) is 61.5 cm³/mol. The molecule has 0 saturated heterocycles. The van der Waals surface area contributed by atoms with E-state index >= 15 is 0 Å². The van der Waals surface area contributed by atoms with Crippen LogP contribution in [0.1, 0.15) is 47.5 Å². The molecule has 0 N–H and O–H groups in total. The molecule has 0 amide bonds. The van der Waals surface area contributed by atoms with E-state index in [4.69, 9.17) is 0 Å². The van der Waals surface area contributed by atoms with Crippen LogP contribution in [0.25, 0.3) is 0 Å².